The maximum absolute atomic E-state index is 13.0. The normalized spacial score (nSPS) is 13.0. The van der Waals surface area contributed by atoms with Gasteiger partial charge in [-0.3, -0.25) is 4.79 Å². The minimum Gasteiger partial charge on any atom is -0.467 e. The molecular formula is C27H36N2O5. The predicted octanol–water partition coefficient (Wildman–Crippen LogP) is 4.14. The minimum absolute atomic E-state index is 0.0137. The zero-order valence-corrected chi connectivity index (χ0v) is 20.9. The van der Waals surface area contributed by atoms with E-state index >= 15 is 0 Å². The van der Waals surface area contributed by atoms with Gasteiger partial charge < -0.3 is 20.1 Å². The van der Waals surface area contributed by atoms with E-state index in [0.717, 1.165) is 11.1 Å². The van der Waals surface area contributed by atoms with Gasteiger partial charge in [-0.15, -0.1) is 0 Å². The molecule has 0 heterocycles. The summed E-state index contributed by atoms with van der Waals surface area (Å²) in [5.41, 5.74) is 2.92. The Morgan fingerprint density at radius 1 is 0.882 bits per heavy atom. The topological polar surface area (TPSA) is 93.7 Å². The van der Waals surface area contributed by atoms with E-state index in [-0.39, 0.29) is 24.4 Å². The van der Waals surface area contributed by atoms with Gasteiger partial charge in [0, 0.05) is 6.42 Å². The van der Waals surface area contributed by atoms with Gasteiger partial charge in [-0.2, -0.15) is 0 Å². The molecule has 2 atom stereocenters. The lowest BCUT2D eigenvalue weighted by atomic mass is 9.86. The van der Waals surface area contributed by atoms with Crippen molar-refractivity contribution in [1.82, 2.24) is 10.6 Å². The minimum atomic E-state index is -0.888. The number of alkyl carbamates (subject to hydrolysis) is 1. The fraction of sp³-hybridized carbons (Fsp3) is 0.444. The van der Waals surface area contributed by atoms with Gasteiger partial charge in [0.05, 0.1) is 7.11 Å². The number of methoxy groups -OCH3 is 1. The molecule has 0 saturated heterocycles. The summed E-state index contributed by atoms with van der Waals surface area (Å²) >= 11 is 0. The van der Waals surface area contributed by atoms with Crippen LogP contribution in [0.25, 0.3) is 0 Å². The molecule has 7 nitrogen and oxygen atoms in total. The Morgan fingerprint density at radius 2 is 1.50 bits per heavy atom. The summed E-state index contributed by atoms with van der Waals surface area (Å²) < 4.78 is 10.2. The summed E-state index contributed by atoms with van der Waals surface area (Å²) in [4.78, 5) is 37.7. The second-order valence-electron chi connectivity index (χ2n) is 9.66. The Bertz CT molecular complexity index is 949. The third-order valence-corrected chi connectivity index (χ3v) is 5.50. The number of esters is 1. The number of hydrogen-bond acceptors (Lipinski definition) is 5. The lowest BCUT2D eigenvalue weighted by Crippen LogP contribution is -2.54. The number of carbonyl (C=O) groups is 3. The van der Waals surface area contributed by atoms with E-state index in [4.69, 9.17) is 9.47 Å². The van der Waals surface area contributed by atoms with Crippen LogP contribution >= 0.6 is 0 Å². The molecule has 0 bridgehead atoms. The molecule has 0 saturated carbocycles. The average Bonchev–Trinajstić information content (AvgIpc) is 2.80. The largest absolute Gasteiger partial charge is 0.467 e. The van der Waals surface area contributed by atoms with Crippen LogP contribution in [0.3, 0.4) is 0 Å². The zero-order chi connectivity index (χ0) is 25.3. The Balaban J connectivity index is 2.04. The molecule has 0 radical (unpaired) electrons. The number of benzene rings is 2. The molecule has 0 spiro atoms. The van der Waals surface area contributed by atoms with Gasteiger partial charge in [-0.25, -0.2) is 9.59 Å². The number of carbonyl (C=O) groups excluding carboxylic acids is 3. The molecule has 2 N–H and O–H groups in total. The highest BCUT2D eigenvalue weighted by atomic mass is 16.5. The highest BCUT2D eigenvalue weighted by Crippen LogP contribution is 2.22. The molecule has 0 unspecified atom stereocenters. The zero-order valence-electron chi connectivity index (χ0n) is 20.9. The van der Waals surface area contributed by atoms with E-state index in [2.05, 4.69) is 31.4 Å². The van der Waals surface area contributed by atoms with Crippen molar-refractivity contribution in [2.24, 2.45) is 5.92 Å². The highest BCUT2D eigenvalue weighted by molar-refractivity contribution is 5.90. The van der Waals surface area contributed by atoms with Gasteiger partial charge in [0.2, 0.25) is 5.91 Å². The van der Waals surface area contributed by atoms with Crippen molar-refractivity contribution >= 4 is 18.0 Å². The van der Waals surface area contributed by atoms with Crippen LogP contribution < -0.4 is 10.6 Å². The molecule has 0 aliphatic carbocycles. The fourth-order valence-corrected chi connectivity index (χ4v) is 3.40. The van der Waals surface area contributed by atoms with Crippen molar-refractivity contribution in [1.29, 1.82) is 0 Å². The van der Waals surface area contributed by atoms with E-state index in [0.29, 0.717) is 0 Å². The number of amides is 2. The van der Waals surface area contributed by atoms with Crippen molar-refractivity contribution in [3.8, 4) is 0 Å². The van der Waals surface area contributed by atoms with Crippen molar-refractivity contribution < 1.29 is 23.9 Å². The molecule has 2 aromatic carbocycles. The number of ether oxygens (including phenoxy) is 2. The Labute approximate surface area is 202 Å². The van der Waals surface area contributed by atoms with E-state index < -0.39 is 30.1 Å². The predicted molar refractivity (Wildman–Crippen MR) is 131 cm³/mol. The first-order valence-electron chi connectivity index (χ1n) is 11.5. The lowest BCUT2D eigenvalue weighted by Gasteiger charge is -2.24. The van der Waals surface area contributed by atoms with Crippen molar-refractivity contribution in [3.05, 3.63) is 71.3 Å². The fourth-order valence-electron chi connectivity index (χ4n) is 3.40. The SMILES string of the molecule is COC(=O)[C@H](Cc1ccc(C(C)(C)C)cc1)NC(=O)[C@@H](NC(=O)OCc1ccccc1)C(C)C. The number of nitrogens with one attached hydrogen (secondary N) is 2. The van der Waals surface area contributed by atoms with Gasteiger partial charge in [0.25, 0.3) is 0 Å². The first-order chi connectivity index (χ1) is 16.0. The molecule has 0 aromatic heterocycles. The van der Waals surface area contributed by atoms with Gasteiger partial charge in [-0.1, -0.05) is 89.2 Å². The van der Waals surface area contributed by atoms with E-state index in [1.807, 2.05) is 54.6 Å². The Morgan fingerprint density at radius 3 is 2.03 bits per heavy atom. The van der Waals surface area contributed by atoms with Gasteiger partial charge in [0.15, 0.2) is 0 Å². The second-order valence-corrected chi connectivity index (χ2v) is 9.66. The second kappa shape index (κ2) is 12.2. The van der Waals surface area contributed by atoms with Crippen LogP contribution in [0, 0.1) is 5.92 Å². The third-order valence-electron chi connectivity index (χ3n) is 5.50. The molecule has 2 rings (SSSR count). The standard InChI is InChI=1S/C27H36N2O5/c1-18(2)23(29-26(32)34-17-20-10-8-7-9-11-20)24(30)28-22(25(31)33-6)16-19-12-14-21(15-13-19)27(3,4)5/h7-15,18,22-23H,16-17H2,1-6H3,(H,28,30)(H,29,32)/t22-,23-/m0/s1. The van der Waals surface area contributed by atoms with Gasteiger partial charge >= 0.3 is 12.1 Å². The summed E-state index contributed by atoms with van der Waals surface area (Å²) in [5, 5.41) is 5.35. The monoisotopic (exact) mass is 468 g/mol. The van der Waals surface area contributed by atoms with E-state index in [9.17, 15) is 14.4 Å². The van der Waals surface area contributed by atoms with E-state index in [1.54, 1.807) is 13.8 Å². The molecule has 34 heavy (non-hydrogen) atoms. The van der Waals surface area contributed by atoms with Crippen molar-refractivity contribution in [2.45, 2.75) is 65.1 Å². The molecule has 2 aromatic rings. The summed E-state index contributed by atoms with van der Waals surface area (Å²) in [6.45, 7) is 10.1. The lowest BCUT2D eigenvalue weighted by molar-refractivity contribution is -0.145. The number of rotatable bonds is 9. The van der Waals surface area contributed by atoms with Gasteiger partial charge in [0.1, 0.15) is 18.7 Å². The van der Waals surface area contributed by atoms with Crippen LogP contribution in [0.2, 0.25) is 0 Å². The Kier molecular flexibility index (Phi) is 9.66. The summed E-state index contributed by atoms with van der Waals surface area (Å²) in [5.74, 6) is -1.26. The summed E-state index contributed by atoms with van der Waals surface area (Å²) in [6, 6.07) is 15.4. The molecule has 2 amide bonds. The summed E-state index contributed by atoms with van der Waals surface area (Å²) in [6.07, 6.45) is -0.434. The highest BCUT2D eigenvalue weighted by Gasteiger charge is 2.30. The maximum atomic E-state index is 13.0. The van der Waals surface area contributed by atoms with Gasteiger partial charge in [-0.05, 0) is 28.0 Å². The molecule has 7 heteroatoms. The van der Waals surface area contributed by atoms with Crippen LogP contribution in [0.5, 0.6) is 0 Å². The first kappa shape index (κ1) is 26.9. The first-order valence-corrected chi connectivity index (χ1v) is 11.5. The van der Waals surface area contributed by atoms with E-state index in [1.165, 1.54) is 12.7 Å². The number of hydrogen-bond donors (Lipinski definition) is 2. The van der Waals surface area contributed by atoms with Crippen LogP contribution in [-0.2, 0) is 37.5 Å². The van der Waals surface area contributed by atoms with Crippen molar-refractivity contribution in [2.75, 3.05) is 7.11 Å². The van der Waals surface area contributed by atoms with Crippen molar-refractivity contribution in [3.63, 3.8) is 0 Å². The van der Waals surface area contributed by atoms with Crippen LogP contribution in [-0.4, -0.2) is 37.2 Å². The van der Waals surface area contributed by atoms with Crippen LogP contribution in [0.15, 0.2) is 54.6 Å². The quantitative estimate of drug-likeness (QED) is 0.540. The average molecular weight is 469 g/mol. The molecule has 0 aliphatic heterocycles. The third kappa shape index (κ3) is 8.21. The molecular weight excluding hydrogens is 432 g/mol. The molecule has 0 aliphatic rings. The van der Waals surface area contributed by atoms with Crippen LogP contribution in [0.1, 0.15) is 51.3 Å². The maximum Gasteiger partial charge on any atom is 0.408 e. The molecule has 0 fully saturated rings. The molecule has 184 valence electrons. The smallest absolute Gasteiger partial charge is 0.408 e. The van der Waals surface area contributed by atoms with Crippen LogP contribution in [0.4, 0.5) is 4.79 Å². The summed E-state index contributed by atoms with van der Waals surface area (Å²) in [7, 11) is 1.28. The Hall–Kier alpha value is -3.35.